The standard InChI is InChI=1S/C22H26N6O/c1-16-11-18-14-25-28(20(18)12-19(16)17-3-5-26(2)6-4-17)22-13-21(23-15-24-22)27-7-9-29-10-8-27/h3,11-15H,4-10H2,1-2H3. The van der Waals surface area contributed by atoms with Crippen LogP contribution in [-0.2, 0) is 4.74 Å². The first-order chi connectivity index (χ1) is 14.2. The number of aryl methyl sites for hydroxylation is 1. The molecule has 0 saturated carbocycles. The third kappa shape index (κ3) is 3.52. The molecule has 7 heteroatoms. The highest BCUT2D eigenvalue weighted by atomic mass is 16.5. The van der Waals surface area contributed by atoms with Crippen LogP contribution in [-0.4, -0.2) is 71.1 Å². The fourth-order valence-corrected chi connectivity index (χ4v) is 4.15. The van der Waals surface area contributed by atoms with Crippen molar-refractivity contribution < 1.29 is 4.74 Å². The summed E-state index contributed by atoms with van der Waals surface area (Å²) in [5.41, 5.74) is 5.11. The maximum atomic E-state index is 5.46. The molecular formula is C22H26N6O. The Balaban J connectivity index is 1.55. The summed E-state index contributed by atoms with van der Waals surface area (Å²) < 4.78 is 7.39. The van der Waals surface area contributed by atoms with Gasteiger partial charge in [0.25, 0.3) is 0 Å². The quantitative estimate of drug-likeness (QED) is 0.685. The van der Waals surface area contributed by atoms with Crippen LogP contribution in [0.15, 0.2) is 36.8 Å². The molecule has 0 aliphatic carbocycles. The van der Waals surface area contributed by atoms with Gasteiger partial charge in [-0.05, 0) is 49.2 Å². The van der Waals surface area contributed by atoms with Gasteiger partial charge in [-0.2, -0.15) is 5.10 Å². The average molecular weight is 390 g/mol. The molecule has 0 amide bonds. The summed E-state index contributed by atoms with van der Waals surface area (Å²) in [7, 11) is 2.17. The van der Waals surface area contributed by atoms with Gasteiger partial charge < -0.3 is 14.5 Å². The van der Waals surface area contributed by atoms with Crippen molar-refractivity contribution in [2.75, 3.05) is 51.3 Å². The van der Waals surface area contributed by atoms with Gasteiger partial charge in [0, 0.05) is 37.6 Å². The SMILES string of the molecule is Cc1cc2cnn(-c3cc(N4CCOCC4)ncn3)c2cc1C1=CCN(C)CC1. The Kier molecular flexibility index (Phi) is 4.77. The summed E-state index contributed by atoms with van der Waals surface area (Å²) in [5.74, 6) is 1.72. The molecule has 7 nitrogen and oxygen atoms in total. The number of ether oxygens (including phenoxy) is 1. The van der Waals surface area contributed by atoms with Crippen molar-refractivity contribution in [1.82, 2.24) is 24.6 Å². The lowest BCUT2D eigenvalue weighted by atomic mass is 9.94. The van der Waals surface area contributed by atoms with Crippen molar-refractivity contribution in [1.29, 1.82) is 0 Å². The van der Waals surface area contributed by atoms with Gasteiger partial charge in [0.15, 0.2) is 5.82 Å². The molecule has 29 heavy (non-hydrogen) atoms. The molecule has 0 bridgehead atoms. The second-order valence-electron chi connectivity index (χ2n) is 7.86. The lowest BCUT2D eigenvalue weighted by Gasteiger charge is -2.27. The van der Waals surface area contributed by atoms with Gasteiger partial charge in [-0.25, -0.2) is 14.6 Å². The molecular weight excluding hydrogens is 364 g/mol. The van der Waals surface area contributed by atoms with E-state index in [0.29, 0.717) is 0 Å². The minimum atomic E-state index is 0.733. The molecule has 1 fully saturated rings. The molecule has 5 rings (SSSR count). The number of anilines is 1. The summed E-state index contributed by atoms with van der Waals surface area (Å²) in [6.45, 7) is 7.45. The Morgan fingerprint density at radius 2 is 1.83 bits per heavy atom. The van der Waals surface area contributed by atoms with E-state index in [1.165, 1.54) is 16.7 Å². The van der Waals surface area contributed by atoms with Gasteiger partial charge >= 0.3 is 0 Å². The molecule has 0 N–H and O–H groups in total. The van der Waals surface area contributed by atoms with Crippen molar-refractivity contribution in [3.8, 4) is 5.82 Å². The Bertz CT molecular complexity index is 1070. The third-order valence-electron chi connectivity index (χ3n) is 5.86. The number of likely N-dealkylation sites (N-methyl/N-ethyl adjacent to an activating group) is 1. The van der Waals surface area contributed by atoms with E-state index in [0.717, 1.165) is 68.4 Å². The van der Waals surface area contributed by atoms with E-state index in [2.05, 4.69) is 57.0 Å². The Labute approximate surface area is 170 Å². The van der Waals surface area contributed by atoms with Crippen LogP contribution in [0.5, 0.6) is 0 Å². The zero-order valence-electron chi connectivity index (χ0n) is 17.0. The van der Waals surface area contributed by atoms with Crippen LogP contribution in [0.25, 0.3) is 22.3 Å². The maximum absolute atomic E-state index is 5.46. The molecule has 2 aromatic heterocycles. The molecule has 4 heterocycles. The third-order valence-corrected chi connectivity index (χ3v) is 5.86. The molecule has 3 aromatic rings. The second kappa shape index (κ2) is 7.57. The normalized spacial score (nSPS) is 18.3. The smallest absolute Gasteiger partial charge is 0.159 e. The molecule has 2 aliphatic heterocycles. The van der Waals surface area contributed by atoms with E-state index >= 15 is 0 Å². The first-order valence-corrected chi connectivity index (χ1v) is 10.2. The number of aromatic nitrogens is 4. The number of hydrogen-bond donors (Lipinski definition) is 0. The largest absolute Gasteiger partial charge is 0.378 e. The lowest BCUT2D eigenvalue weighted by Crippen LogP contribution is -2.36. The second-order valence-corrected chi connectivity index (χ2v) is 7.86. The monoisotopic (exact) mass is 390 g/mol. The zero-order chi connectivity index (χ0) is 19.8. The average Bonchev–Trinajstić information content (AvgIpc) is 3.17. The van der Waals surface area contributed by atoms with Crippen molar-refractivity contribution in [2.45, 2.75) is 13.3 Å². The van der Waals surface area contributed by atoms with Gasteiger partial charge in [-0.3, -0.25) is 0 Å². The minimum Gasteiger partial charge on any atom is -0.378 e. The molecule has 2 aliphatic rings. The molecule has 0 radical (unpaired) electrons. The number of fused-ring (bicyclic) bond motifs is 1. The fourth-order valence-electron chi connectivity index (χ4n) is 4.15. The Morgan fingerprint density at radius 1 is 1.00 bits per heavy atom. The van der Waals surface area contributed by atoms with E-state index < -0.39 is 0 Å². The van der Waals surface area contributed by atoms with Crippen molar-refractivity contribution in [2.24, 2.45) is 0 Å². The van der Waals surface area contributed by atoms with Gasteiger partial charge in [-0.1, -0.05) is 6.08 Å². The molecule has 1 aromatic carbocycles. The van der Waals surface area contributed by atoms with E-state index in [9.17, 15) is 0 Å². The van der Waals surface area contributed by atoms with Gasteiger partial charge in [0.05, 0.1) is 24.9 Å². The first-order valence-electron chi connectivity index (χ1n) is 10.2. The molecule has 0 atom stereocenters. The van der Waals surface area contributed by atoms with E-state index in [-0.39, 0.29) is 0 Å². The zero-order valence-corrected chi connectivity index (χ0v) is 17.0. The van der Waals surface area contributed by atoms with Gasteiger partial charge in [0.2, 0.25) is 0 Å². The van der Waals surface area contributed by atoms with E-state index in [1.54, 1.807) is 6.33 Å². The summed E-state index contributed by atoms with van der Waals surface area (Å²) in [4.78, 5) is 13.6. The maximum Gasteiger partial charge on any atom is 0.159 e. The van der Waals surface area contributed by atoms with Crippen molar-refractivity contribution in [3.63, 3.8) is 0 Å². The summed E-state index contributed by atoms with van der Waals surface area (Å²) in [5, 5.41) is 5.78. The van der Waals surface area contributed by atoms with Gasteiger partial charge in [-0.15, -0.1) is 0 Å². The van der Waals surface area contributed by atoms with Crippen LogP contribution in [0, 0.1) is 6.92 Å². The van der Waals surface area contributed by atoms with Crippen LogP contribution in [0.3, 0.4) is 0 Å². The van der Waals surface area contributed by atoms with Crippen LogP contribution in [0.1, 0.15) is 17.5 Å². The number of benzene rings is 1. The predicted octanol–water partition coefficient (Wildman–Crippen LogP) is 2.68. The van der Waals surface area contributed by atoms with E-state index in [4.69, 9.17) is 4.74 Å². The highest BCUT2D eigenvalue weighted by molar-refractivity contribution is 5.86. The highest BCUT2D eigenvalue weighted by Crippen LogP contribution is 2.30. The number of morpholine rings is 1. The molecule has 150 valence electrons. The number of hydrogen-bond acceptors (Lipinski definition) is 6. The Hall–Kier alpha value is -2.77. The first kappa shape index (κ1) is 18.3. The molecule has 0 spiro atoms. The van der Waals surface area contributed by atoms with E-state index in [1.807, 2.05) is 16.9 Å². The van der Waals surface area contributed by atoms with Crippen LogP contribution < -0.4 is 4.90 Å². The van der Waals surface area contributed by atoms with Crippen LogP contribution >= 0.6 is 0 Å². The molecule has 0 unspecified atom stereocenters. The topological polar surface area (TPSA) is 59.3 Å². The lowest BCUT2D eigenvalue weighted by molar-refractivity contribution is 0.122. The number of rotatable bonds is 3. The summed E-state index contributed by atoms with van der Waals surface area (Å²) in [6.07, 6.45) is 6.97. The fraction of sp³-hybridized carbons (Fsp3) is 0.409. The predicted molar refractivity (Wildman–Crippen MR) is 115 cm³/mol. The molecule has 1 saturated heterocycles. The Morgan fingerprint density at radius 3 is 2.62 bits per heavy atom. The summed E-state index contributed by atoms with van der Waals surface area (Å²) >= 11 is 0. The van der Waals surface area contributed by atoms with Gasteiger partial charge in [0.1, 0.15) is 12.1 Å². The minimum absolute atomic E-state index is 0.733. The van der Waals surface area contributed by atoms with Crippen molar-refractivity contribution >= 4 is 22.3 Å². The highest BCUT2D eigenvalue weighted by Gasteiger charge is 2.17. The van der Waals surface area contributed by atoms with Crippen LogP contribution in [0.2, 0.25) is 0 Å². The van der Waals surface area contributed by atoms with Crippen molar-refractivity contribution in [3.05, 3.63) is 47.9 Å². The van der Waals surface area contributed by atoms with Crippen LogP contribution in [0.4, 0.5) is 5.82 Å². The summed E-state index contributed by atoms with van der Waals surface area (Å²) in [6, 6.07) is 6.52. The number of nitrogens with zero attached hydrogens (tertiary/aromatic N) is 6.